The molecule has 0 spiro atoms. The number of carbonyl (C=O) groups is 2. The first-order chi connectivity index (χ1) is 17.4. The van der Waals surface area contributed by atoms with Crippen molar-refractivity contribution in [3.63, 3.8) is 0 Å². The predicted octanol–water partition coefficient (Wildman–Crippen LogP) is 4.87. The first-order valence-electron chi connectivity index (χ1n) is 11.6. The smallest absolute Gasteiger partial charge is 0.421 e. The lowest BCUT2D eigenvalue weighted by molar-refractivity contribution is 0.0570. The fourth-order valence-electron chi connectivity index (χ4n) is 3.20. The van der Waals surface area contributed by atoms with Gasteiger partial charge in [0.25, 0.3) is 15.9 Å². The van der Waals surface area contributed by atoms with Crippen LogP contribution in [0.2, 0.25) is 0 Å². The Morgan fingerprint density at radius 3 is 2.41 bits per heavy atom. The highest BCUT2D eigenvalue weighted by Crippen LogP contribution is 2.31. The summed E-state index contributed by atoms with van der Waals surface area (Å²) in [6, 6.07) is 12.8. The SMILES string of the molecule is CCCCN(C(=O)c1cccc(OC)c1)c1nnc(-c2ccc(S(=O)(=O)NC(=O)OC(C)(C)C)cc2)s1. The summed E-state index contributed by atoms with van der Waals surface area (Å²) in [5.74, 6) is 0.361. The second kappa shape index (κ2) is 11.7. The Morgan fingerprint density at radius 2 is 1.78 bits per heavy atom. The lowest BCUT2D eigenvalue weighted by Crippen LogP contribution is -2.36. The largest absolute Gasteiger partial charge is 0.497 e. The molecule has 0 fully saturated rings. The summed E-state index contributed by atoms with van der Waals surface area (Å²) in [4.78, 5) is 26.7. The molecule has 0 saturated carbocycles. The Labute approximate surface area is 220 Å². The van der Waals surface area contributed by atoms with E-state index >= 15 is 0 Å². The van der Waals surface area contributed by atoms with Gasteiger partial charge in [-0.15, -0.1) is 10.2 Å². The zero-order valence-corrected chi connectivity index (χ0v) is 23.0. The highest BCUT2D eigenvalue weighted by molar-refractivity contribution is 7.90. The number of hydrogen-bond acceptors (Lipinski definition) is 9. The van der Waals surface area contributed by atoms with Crippen LogP contribution >= 0.6 is 11.3 Å². The van der Waals surface area contributed by atoms with E-state index < -0.39 is 21.7 Å². The predicted molar refractivity (Wildman–Crippen MR) is 141 cm³/mol. The molecule has 1 heterocycles. The molecule has 1 aromatic heterocycles. The monoisotopic (exact) mass is 546 g/mol. The third kappa shape index (κ3) is 7.49. The zero-order chi connectivity index (χ0) is 27.2. The van der Waals surface area contributed by atoms with E-state index in [0.717, 1.165) is 12.8 Å². The molecule has 0 saturated heterocycles. The number of anilines is 1. The maximum Gasteiger partial charge on any atom is 0.421 e. The molecule has 0 radical (unpaired) electrons. The summed E-state index contributed by atoms with van der Waals surface area (Å²) in [6.45, 7) is 7.41. The zero-order valence-electron chi connectivity index (χ0n) is 21.3. The van der Waals surface area contributed by atoms with Crippen LogP contribution in [0.1, 0.15) is 50.9 Å². The maximum atomic E-state index is 13.3. The second-order valence-corrected chi connectivity index (χ2v) is 11.7. The molecule has 198 valence electrons. The van der Waals surface area contributed by atoms with E-state index in [0.29, 0.717) is 33.6 Å². The molecule has 0 bridgehead atoms. The summed E-state index contributed by atoms with van der Waals surface area (Å²) < 4.78 is 37.2. The molecular formula is C25H30N4O6S2. The summed E-state index contributed by atoms with van der Waals surface area (Å²) in [7, 11) is -2.58. The Kier molecular flexibility index (Phi) is 8.87. The van der Waals surface area contributed by atoms with Gasteiger partial charge in [-0.2, -0.15) is 0 Å². The fraction of sp³-hybridized carbons (Fsp3) is 0.360. The fourth-order valence-corrected chi connectivity index (χ4v) is 4.95. The molecule has 0 aliphatic heterocycles. The topological polar surface area (TPSA) is 128 Å². The molecule has 37 heavy (non-hydrogen) atoms. The molecule has 0 aliphatic carbocycles. The molecule has 0 aliphatic rings. The van der Waals surface area contributed by atoms with Crippen LogP contribution in [0.4, 0.5) is 9.93 Å². The first-order valence-corrected chi connectivity index (χ1v) is 13.9. The van der Waals surface area contributed by atoms with Gasteiger partial charge in [0.2, 0.25) is 5.13 Å². The number of benzene rings is 2. The molecule has 10 nitrogen and oxygen atoms in total. The van der Waals surface area contributed by atoms with Crippen LogP contribution in [-0.2, 0) is 14.8 Å². The number of nitrogens with zero attached hydrogens (tertiary/aromatic N) is 3. The third-order valence-corrected chi connectivity index (χ3v) is 7.29. The summed E-state index contributed by atoms with van der Waals surface area (Å²) in [5.41, 5.74) is 0.251. The summed E-state index contributed by atoms with van der Waals surface area (Å²) in [5, 5.41) is 9.39. The Balaban J connectivity index is 1.81. The van der Waals surface area contributed by atoms with Crippen LogP contribution in [0.3, 0.4) is 0 Å². The molecule has 12 heteroatoms. The molecule has 3 aromatic rings. The molecule has 0 atom stereocenters. The molecular weight excluding hydrogens is 516 g/mol. The van der Waals surface area contributed by atoms with Gasteiger partial charge in [-0.25, -0.2) is 17.9 Å². The van der Waals surface area contributed by atoms with Gasteiger partial charge in [-0.05, 0) is 57.5 Å². The highest BCUT2D eigenvalue weighted by Gasteiger charge is 2.24. The van der Waals surface area contributed by atoms with Crippen molar-refractivity contribution in [2.75, 3.05) is 18.6 Å². The number of aromatic nitrogens is 2. The quantitative estimate of drug-likeness (QED) is 0.402. The van der Waals surface area contributed by atoms with Crippen molar-refractivity contribution in [2.24, 2.45) is 0 Å². The van der Waals surface area contributed by atoms with Crippen LogP contribution in [0.25, 0.3) is 10.6 Å². The summed E-state index contributed by atoms with van der Waals surface area (Å²) in [6.07, 6.45) is 0.612. The van der Waals surface area contributed by atoms with Crippen LogP contribution in [0.15, 0.2) is 53.4 Å². The average molecular weight is 547 g/mol. The van der Waals surface area contributed by atoms with Crippen LogP contribution in [-0.4, -0.2) is 49.9 Å². The van der Waals surface area contributed by atoms with Crippen molar-refractivity contribution in [1.29, 1.82) is 0 Å². The van der Waals surface area contributed by atoms with Gasteiger partial charge in [0, 0.05) is 17.7 Å². The number of sulfonamides is 1. The molecule has 0 unspecified atom stereocenters. The number of hydrogen-bond donors (Lipinski definition) is 1. The van der Waals surface area contributed by atoms with Crippen LogP contribution in [0, 0.1) is 0 Å². The Bertz CT molecular complexity index is 1350. The Hall–Kier alpha value is -3.51. The van der Waals surface area contributed by atoms with E-state index in [-0.39, 0.29) is 10.8 Å². The van der Waals surface area contributed by atoms with Crippen molar-refractivity contribution < 1.29 is 27.5 Å². The van der Waals surface area contributed by atoms with Crippen molar-refractivity contribution in [1.82, 2.24) is 14.9 Å². The van der Waals surface area contributed by atoms with Crippen molar-refractivity contribution in [3.8, 4) is 16.3 Å². The van der Waals surface area contributed by atoms with E-state index in [9.17, 15) is 18.0 Å². The number of unbranched alkanes of at least 4 members (excludes halogenated alkanes) is 1. The van der Waals surface area contributed by atoms with Crippen LogP contribution in [0.5, 0.6) is 5.75 Å². The number of amides is 2. The molecule has 3 rings (SSSR count). The molecule has 2 aromatic carbocycles. The highest BCUT2D eigenvalue weighted by atomic mass is 32.2. The standard InChI is InChI=1S/C25H30N4O6S2/c1-6-7-15-29(22(30)18-9-8-10-19(16-18)34-5)23-27-26-21(36-23)17-11-13-20(14-12-17)37(32,33)28-24(31)35-25(2,3)4/h8-14,16H,6-7,15H2,1-5H3,(H,28,31). The van der Waals surface area contributed by atoms with Gasteiger partial charge in [-0.3, -0.25) is 9.69 Å². The lowest BCUT2D eigenvalue weighted by atomic mass is 10.2. The number of ether oxygens (including phenoxy) is 2. The van der Waals surface area contributed by atoms with E-state index in [1.807, 2.05) is 11.6 Å². The van der Waals surface area contributed by atoms with Crippen molar-refractivity contribution in [3.05, 3.63) is 54.1 Å². The normalized spacial score (nSPS) is 11.6. The van der Waals surface area contributed by atoms with E-state index in [2.05, 4.69) is 10.2 Å². The third-order valence-electron chi connectivity index (χ3n) is 4.97. The van der Waals surface area contributed by atoms with Gasteiger partial charge >= 0.3 is 6.09 Å². The van der Waals surface area contributed by atoms with Gasteiger partial charge in [0.05, 0.1) is 12.0 Å². The minimum Gasteiger partial charge on any atom is -0.497 e. The number of carbonyl (C=O) groups excluding carboxylic acids is 2. The van der Waals surface area contributed by atoms with Gasteiger partial charge in [0.15, 0.2) is 0 Å². The molecule has 2 amide bonds. The van der Waals surface area contributed by atoms with Crippen LogP contribution < -0.4 is 14.4 Å². The van der Waals surface area contributed by atoms with E-state index in [1.165, 1.54) is 23.5 Å². The van der Waals surface area contributed by atoms with Gasteiger partial charge < -0.3 is 9.47 Å². The number of methoxy groups -OCH3 is 1. The average Bonchev–Trinajstić information content (AvgIpc) is 3.32. The van der Waals surface area contributed by atoms with Crippen molar-refractivity contribution >= 4 is 38.5 Å². The number of rotatable bonds is 9. The minimum absolute atomic E-state index is 0.107. The van der Waals surface area contributed by atoms with Gasteiger partial charge in [-0.1, -0.05) is 42.9 Å². The second-order valence-electron chi connectivity index (χ2n) is 9.06. The van der Waals surface area contributed by atoms with E-state index in [1.54, 1.807) is 69.2 Å². The van der Waals surface area contributed by atoms with Gasteiger partial charge in [0.1, 0.15) is 16.4 Å². The lowest BCUT2D eigenvalue weighted by Gasteiger charge is -2.19. The maximum absolute atomic E-state index is 13.3. The first kappa shape index (κ1) is 28.1. The van der Waals surface area contributed by atoms with Crippen molar-refractivity contribution in [2.45, 2.75) is 51.0 Å². The summed E-state index contributed by atoms with van der Waals surface area (Å²) >= 11 is 1.22. The Morgan fingerprint density at radius 1 is 1.08 bits per heavy atom. The minimum atomic E-state index is -4.12. The number of nitrogens with one attached hydrogen (secondary N) is 1. The molecule has 1 N–H and O–H groups in total. The van der Waals surface area contributed by atoms with E-state index in [4.69, 9.17) is 9.47 Å².